The molecule has 0 spiro atoms. The van der Waals surface area contributed by atoms with E-state index in [1.165, 1.54) is 11.1 Å². The van der Waals surface area contributed by atoms with Crippen LogP contribution < -0.4 is 10.1 Å². The second kappa shape index (κ2) is 6.78. The van der Waals surface area contributed by atoms with Crippen molar-refractivity contribution in [2.24, 2.45) is 0 Å². The molecule has 112 valence electrons. The van der Waals surface area contributed by atoms with E-state index in [1.807, 2.05) is 12.1 Å². The van der Waals surface area contributed by atoms with Crippen molar-refractivity contribution in [1.82, 2.24) is 10.2 Å². The van der Waals surface area contributed by atoms with Gasteiger partial charge in [0.05, 0.1) is 12.8 Å². The first-order chi connectivity index (χ1) is 10.4. The second-order valence-electron chi connectivity index (χ2n) is 5.32. The molecule has 0 amide bonds. The molecule has 0 aliphatic carbocycles. The quantitative estimate of drug-likeness (QED) is 0.917. The van der Waals surface area contributed by atoms with Crippen LogP contribution in [-0.4, -0.2) is 24.6 Å². The van der Waals surface area contributed by atoms with Crippen LogP contribution in [0.5, 0.6) is 5.75 Å². The molecular formula is C17H22N2O2. The SMILES string of the molecule is CCNCc1ccoc1CN1CCOc2ccccc2C1. The summed E-state index contributed by atoms with van der Waals surface area (Å²) in [5.41, 5.74) is 2.49. The lowest BCUT2D eigenvalue weighted by Gasteiger charge is -2.18. The van der Waals surface area contributed by atoms with Gasteiger partial charge in [-0.05, 0) is 18.7 Å². The number of fused-ring (bicyclic) bond motifs is 1. The summed E-state index contributed by atoms with van der Waals surface area (Å²) in [4.78, 5) is 2.38. The van der Waals surface area contributed by atoms with Gasteiger partial charge in [0.2, 0.25) is 0 Å². The Morgan fingerprint density at radius 1 is 1.24 bits per heavy atom. The minimum absolute atomic E-state index is 0.722. The first kappa shape index (κ1) is 14.2. The van der Waals surface area contributed by atoms with Crippen LogP contribution in [0.4, 0.5) is 0 Å². The topological polar surface area (TPSA) is 37.6 Å². The molecule has 1 aromatic heterocycles. The molecule has 0 saturated carbocycles. The normalized spacial score (nSPS) is 15.3. The highest BCUT2D eigenvalue weighted by Gasteiger charge is 2.17. The summed E-state index contributed by atoms with van der Waals surface area (Å²) in [5, 5.41) is 3.35. The Kier molecular flexibility index (Phi) is 4.58. The van der Waals surface area contributed by atoms with Gasteiger partial charge in [0.1, 0.15) is 18.1 Å². The predicted molar refractivity (Wildman–Crippen MR) is 82.1 cm³/mol. The van der Waals surface area contributed by atoms with E-state index in [1.54, 1.807) is 6.26 Å². The maximum absolute atomic E-state index is 5.81. The van der Waals surface area contributed by atoms with Crippen LogP contribution in [0.3, 0.4) is 0 Å². The minimum Gasteiger partial charge on any atom is -0.492 e. The third kappa shape index (κ3) is 3.46. The Balaban J connectivity index is 1.69. The van der Waals surface area contributed by atoms with Gasteiger partial charge in [-0.25, -0.2) is 0 Å². The molecule has 0 fully saturated rings. The van der Waals surface area contributed by atoms with Crippen LogP contribution in [0.1, 0.15) is 23.8 Å². The molecule has 1 aliphatic rings. The van der Waals surface area contributed by atoms with Crippen molar-refractivity contribution in [2.75, 3.05) is 19.7 Å². The number of nitrogens with one attached hydrogen (secondary N) is 1. The van der Waals surface area contributed by atoms with Gasteiger partial charge in [0.25, 0.3) is 0 Å². The van der Waals surface area contributed by atoms with E-state index in [-0.39, 0.29) is 0 Å². The van der Waals surface area contributed by atoms with Gasteiger partial charge in [-0.3, -0.25) is 4.90 Å². The van der Waals surface area contributed by atoms with Crippen molar-refractivity contribution < 1.29 is 9.15 Å². The first-order valence-electron chi connectivity index (χ1n) is 7.56. The molecule has 2 heterocycles. The lowest BCUT2D eigenvalue weighted by molar-refractivity contribution is 0.205. The van der Waals surface area contributed by atoms with E-state index in [9.17, 15) is 0 Å². The monoisotopic (exact) mass is 286 g/mol. The maximum Gasteiger partial charge on any atom is 0.123 e. The molecule has 4 nitrogen and oxygen atoms in total. The van der Waals surface area contributed by atoms with Gasteiger partial charge in [0, 0.05) is 30.8 Å². The van der Waals surface area contributed by atoms with E-state index in [0.29, 0.717) is 0 Å². The average molecular weight is 286 g/mol. The number of ether oxygens (including phenoxy) is 1. The van der Waals surface area contributed by atoms with Crippen molar-refractivity contribution in [3.05, 3.63) is 53.5 Å². The Labute approximate surface area is 125 Å². The van der Waals surface area contributed by atoms with E-state index < -0.39 is 0 Å². The molecule has 0 bridgehead atoms. The lowest BCUT2D eigenvalue weighted by atomic mass is 10.2. The van der Waals surface area contributed by atoms with Gasteiger partial charge in [-0.1, -0.05) is 25.1 Å². The van der Waals surface area contributed by atoms with Crippen LogP contribution >= 0.6 is 0 Å². The zero-order chi connectivity index (χ0) is 14.5. The molecule has 0 unspecified atom stereocenters. The number of rotatable bonds is 5. The third-order valence-corrected chi connectivity index (χ3v) is 3.80. The summed E-state index contributed by atoms with van der Waals surface area (Å²) >= 11 is 0. The van der Waals surface area contributed by atoms with Crippen LogP contribution in [-0.2, 0) is 19.6 Å². The van der Waals surface area contributed by atoms with Gasteiger partial charge in [-0.2, -0.15) is 0 Å². The summed E-state index contributed by atoms with van der Waals surface area (Å²) in [6.07, 6.45) is 1.78. The summed E-state index contributed by atoms with van der Waals surface area (Å²) in [7, 11) is 0. The van der Waals surface area contributed by atoms with Gasteiger partial charge < -0.3 is 14.5 Å². The van der Waals surface area contributed by atoms with Gasteiger partial charge in [0.15, 0.2) is 0 Å². The van der Waals surface area contributed by atoms with E-state index in [0.717, 1.165) is 50.8 Å². The molecule has 0 radical (unpaired) electrons. The van der Waals surface area contributed by atoms with Gasteiger partial charge >= 0.3 is 0 Å². The molecule has 1 aliphatic heterocycles. The van der Waals surface area contributed by atoms with Crippen LogP contribution in [0.25, 0.3) is 0 Å². The molecule has 0 atom stereocenters. The molecule has 2 aromatic rings. The van der Waals surface area contributed by atoms with Crippen molar-refractivity contribution in [3.63, 3.8) is 0 Å². The van der Waals surface area contributed by atoms with Crippen LogP contribution in [0.15, 0.2) is 41.0 Å². The zero-order valence-corrected chi connectivity index (χ0v) is 12.5. The Hall–Kier alpha value is -1.78. The molecule has 1 aromatic carbocycles. The Morgan fingerprint density at radius 3 is 3.05 bits per heavy atom. The number of hydrogen-bond acceptors (Lipinski definition) is 4. The fourth-order valence-electron chi connectivity index (χ4n) is 2.64. The van der Waals surface area contributed by atoms with E-state index >= 15 is 0 Å². The van der Waals surface area contributed by atoms with Crippen molar-refractivity contribution in [2.45, 2.75) is 26.6 Å². The highest BCUT2D eigenvalue weighted by Crippen LogP contribution is 2.24. The molecule has 1 N–H and O–H groups in total. The summed E-state index contributed by atoms with van der Waals surface area (Å²) in [5.74, 6) is 2.06. The van der Waals surface area contributed by atoms with Crippen molar-refractivity contribution in [1.29, 1.82) is 0 Å². The molecule has 3 rings (SSSR count). The number of hydrogen-bond donors (Lipinski definition) is 1. The predicted octanol–water partition coefficient (Wildman–Crippen LogP) is 2.78. The number of furan rings is 1. The maximum atomic E-state index is 5.81. The second-order valence-corrected chi connectivity index (χ2v) is 5.32. The Morgan fingerprint density at radius 2 is 2.14 bits per heavy atom. The zero-order valence-electron chi connectivity index (χ0n) is 12.5. The minimum atomic E-state index is 0.722. The number of nitrogens with zero attached hydrogens (tertiary/aromatic N) is 1. The number of para-hydroxylation sites is 1. The van der Waals surface area contributed by atoms with Crippen LogP contribution in [0.2, 0.25) is 0 Å². The standard InChI is InChI=1S/C17H22N2O2/c1-2-18-11-14-7-9-20-17(14)13-19-8-10-21-16-6-4-3-5-15(16)12-19/h3-7,9,18H,2,8,10-13H2,1H3. The smallest absolute Gasteiger partial charge is 0.123 e. The summed E-state index contributed by atoms with van der Waals surface area (Å²) in [6.45, 7) is 7.31. The van der Waals surface area contributed by atoms with Gasteiger partial charge in [-0.15, -0.1) is 0 Å². The lowest BCUT2D eigenvalue weighted by Crippen LogP contribution is -2.26. The summed E-state index contributed by atoms with van der Waals surface area (Å²) in [6, 6.07) is 10.3. The molecule has 4 heteroatoms. The first-order valence-corrected chi connectivity index (χ1v) is 7.56. The highest BCUT2D eigenvalue weighted by atomic mass is 16.5. The fourth-order valence-corrected chi connectivity index (χ4v) is 2.64. The van der Waals surface area contributed by atoms with E-state index in [4.69, 9.17) is 9.15 Å². The fraction of sp³-hybridized carbons (Fsp3) is 0.412. The number of benzene rings is 1. The molecule has 0 saturated heterocycles. The van der Waals surface area contributed by atoms with Crippen molar-refractivity contribution >= 4 is 0 Å². The molecule has 21 heavy (non-hydrogen) atoms. The van der Waals surface area contributed by atoms with E-state index in [2.05, 4.69) is 35.3 Å². The third-order valence-electron chi connectivity index (χ3n) is 3.80. The highest BCUT2D eigenvalue weighted by molar-refractivity contribution is 5.33. The largest absolute Gasteiger partial charge is 0.492 e. The average Bonchev–Trinajstić information content (AvgIpc) is 2.83. The molecular weight excluding hydrogens is 264 g/mol. The van der Waals surface area contributed by atoms with Crippen LogP contribution in [0, 0.1) is 0 Å². The van der Waals surface area contributed by atoms with Crippen molar-refractivity contribution in [3.8, 4) is 5.75 Å². The summed E-state index contributed by atoms with van der Waals surface area (Å²) < 4.78 is 11.5. The Bertz CT molecular complexity index is 580.